The predicted molar refractivity (Wildman–Crippen MR) is 154 cm³/mol. The van der Waals surface area contributed by atoms with Gasteiger partial charge in [0.15, 0.2) is 6.10 Å². The third kappa shape index (κ3) is 10.5. The van der Waals surface area contributed by atoms with Crippen molar-refractivity contribution in [3.05, 3.63) is 41.5 Å². The van der Waals surface area contributed by atoms with Crippen LogP contribution in [0.5, 0.6) is 0 Å². The lowest BCUT2D eigenvalue weighted by Crippen LogP contribution is -2.53. The molecule has 0 aliphatic carbocycles. The second-order valence-electron chi connectivity index (χ2n) is 10.7. The lowest BCUT2D eigenvalue weighted by molar-refractivity contribution is -0.166. The summed E-state index contributed by atoms with van der Waals surface area (Å²) in [5.41, 5.74) is 8.09. The molecule has 6 atom stereocenters. The molecule has 0 bridgehead atoms. The number of methoxy groups -OCH3 is 1. The highest BCUT2D eigenvalue weighted by atomic mass is 16.6. The predicted octanol–water partition coefficient (Wildman–Crippen LogP) is 2.84. The number of nitrogens with one attached hydrogen (secondary N) is 4. The summed E-state index contributed by atoms with van der Waals surface area (Å²) in [6.45, 7) is 9.67. The molecule has 1 aromatic carbocycles. The average molecular weight is 559 g/mol. The van der Waals surface area contributed by atoms with E-state index in [0.717, 1.165) is 30.5 Å². The van der Waals surface area contributed by atoms with Gasteiger partial charge in [-0.15, -0.1) is 0 Å². The Morgan fingerprint density at radius 2 is 1.88 bits per heavy atom. The van der Waals surface area contributed by atoms with Crippen molar-refractivity contribution in [2.45, 2.75) is 90.6 Å². The molecular weight excluding hydrogens is 512 g/mol. The molecule has 10 heteroatoms. The van der Waals surface area contributed by atoms with E-state index in [-0.39, 0.29) is 23.9 Å². The Morgan fingerprint density at radius 3 is 2.50 bits per heavy atom. The lowest BCUT2D eigenvalue weighted by atomic mass is 9.99. The number of carbonyl (C=O) groups is 4. The van der Waals surface area contributed by atoms with Crippen molar-refractivity contribution in [2.24, 2.45) is 11.8 Å². The largest absolute Gasteiger partial charge is 0.452 e. The molecule has 2 amide bonds. The van der Waals surface area contributed by atoms with Crippen LogP contribution in [0.15, 0.2) is 30.3 Å². The first-order valence-corrected chi connectivity index (χ1v) is 14.1. The summed E-state index contributed by atoms with van der Waals surface area (Å²) in [5.74, 6) is -1.88. The smallest absolute Gasteiger partial charge is 0.312 e. The molecule has 222 valence electrons. The first-order chi connectivity index (χ1) is 19.1. The molecule has 4 N–H and O–H groups in total. The molecule has 0 saturated carbocycles. The molecule has 0 unspecified atom stereocenters. The van der Waals surface area contributed by atoms with E-state index in [2.05, 4.69) is 21.5 Å². The third-order valence-corrected chi connectivity index (χ3v) is 7.00. The number of esters is 1. The zero-order valence-electron chi connectivity index (χ0n) is 24.6. The maximum Gasteiger partial charge on any atom is 0.312 e. The van der Waals surface area contributed by atoms with Crippen LogP contribution in [0.3, 0.4) is 0 Å². The number of hydrogen-bond acceptors (Lipinski definition) is 8. The number of amides is 2. The Bertz CT molecular complexity index is 1010. The van der Waals surface area contributed by atoms with Gasteiger partial charge in [-0.3, -0.25) is 19.8 Å². The van der Waals surface area contributed by atoms with Gasteiger partial charge in [0.05, 0.1) is 30.1 Å². The Balaban J connectivity index is 1.90. The molecule has 1 aromatic rings. The summed E-state index contributed by atoms with van der Waals surface area (Å²) in [6.07, 6.45) is 6.27. The summed E-state index contributed by atoms with van der Waals surface area (Å²) in [6, 6.07) is 6.97. The molecule has 2 rings (SSSR count). The first-order valence-electron chi connectivity index (χ1n) is 14.1. The van der Waals surface area contributed by atoms with Gasteiger partial charge in [0.25, 0.3) is 5.91 Å². The van der Waals surface area contributed by atoms with Crippen LogP contribution in [0.1, 0.15) is 77.5 Å². The van der Waals surface area contributed by atoms with Crippen LogP contribution >= 0.6 is 0 Å². The quantitative estimate of drug-likeness (QED) is 0.191. The number of aldehydes is 1. The maximum absolute atomic E-state index is 12.8. The van der Waals surface area contributed by atoms with Gasteiger partial charge in [0, 0.05) is 13.7 Å². The Morgan fingerprint density at radius 1 is 1.12 bits per heavy atom. The molecule has 1 fully saturated rings. The van der Waals surface area contributed by atoms with Crippen LogP contribution in [-0.2, 0) is 28.7 Å². The van der Waals surface area contributed by atoms with Gasteiger partial charge >= 0.3 is 5.97 Å². The van der Waals surface area contributed by atoms with Crippen LogP contribution in [0.25, 0.3) is 6.08 Å². The summed E-state index contributed by atoms with van der Waals surface area (Å²) >= 11 is 0. The zero-order valence-corrected chi connectivity index (χ0v) is 24.6. The average Bonchev–Trinajstić information content (AvgIpc) is 2.95. The Labute approximate surface area is 238 Å². The monoisotopic (exact) mass is 558 g/mol. The SMILES string of the molecule is CO[C@H](CC/C=C/c1cccc([C@@H](C)NC(=O)[C@@H]2CCCNN2)c1)[C@@H](C)C(=O)O[C@H](C(=O)N[C@@H](C)C=O)C(C)C. The molecule has 0 spiro atoms. The van der Waals surface area contributed by atoms with E-state index in [1.807, 2.05) is 43.3 Å². The van der Waals surface area contributed by atoms with E-state index in [1.165, 1.54) is 0 Å². The molecular formula is C30H46N4O6. The van der Waals surface area contributed by atoms with Gasteiger partial charge in [-0.25, -0.2) is 5.43 Å². The molecule has 1 heterocycles. The number of carbonyl (C=O) groups excluding carboxylic acids is 4. The number of hydrogen-bond donors (Lipinski definition) is 4. The summed E-state index contributed by atoms with van der Waals surface area (Å²) in [4.78, 5) is 48.7. The lowest BCUT2D eigenvalue weighted by Gasteiger charge is -2.26. The van der Waals surface area contributed by atoms with Crippen LogP contribution < -0.4 is 21.5 Å². The maximum atomic E-state index is 12.8. The minimum atomic E-state index is -0.996. The van der Waals surface area contributed by atoms with Gasteiger partial charge in [0.2, 0.25) is 5.91 Å². The minimum absolute atomic E-state index is 0.0187. The molecule has 1 aliphatic heterocycles. The highest BCUT2D eigenvalue weighted by Gasteiger charge is 2.32. The minimum Gasteiger partial charge on any atom is -0.452 e. The van der Waals surface area contributed by atoms with E-state index in [0.29, 0.717) is 19.1 Å². The number of allylic oxidation sites excluding steroid dienone is 1. The number of benzene rings is 1. The van der Waals surface area contributed by atoms with E-state index in [1.54, 1.807) is 34.8 Å². The van der Waals surface area contributed by atoms with Gasteiger partial charge in [-0.2, -0.15) is 0 Å². The molecule has 1 saturated heterocycles. The van der Waals surface area contributed by atoms with Crippen molar-refractivity contribution in [2.75, 3.05) is 13.7 Å². The van der Waals surface area contributed by atoms with Gasteiger partial charge < -0.3 is 24.9 Å². The van der Waals surface area contributed by atoms with E-state index in [4.69, 9.17) is 9.47 Å². The number of hydrazine groups is 1. The fourth-order valence-electron chi connectivity index (χ4n) is 4.46. The molecule has 0 radical (unpaired) electrons. The standard InChI is InChI=1S/C30H46N4O6/c1-19(2)27(29(37)32-20(3)18-35)40-30(38)21(4)26(39-6)15-8-7-11-23-12-9-13-24(17-23)22(5)33-28(36)25-14-10-16-31-34-25/h7,9,11-13,17-22,25-27,31,34H,8,10,14-16H2,1-6H3,(H,32,37)(H,33,36)/b11-7+/t20-,21+,22+,25-,26+,27-/m0/s1. The van der Waals surface area contributed by atoms with E-state index in [9.17, 15) is 19.2 Å². The number of rotatable bonds is 15. The van der Waals surface area contributed by atoms with Crippen LogP contribution in [-0.4, -0.2) is 62.0 Å². The highest BCUT2D eigenvalue weighted by molar-refractivity contribution is 5.86. The molecule has 0 aromatic heterocycles. The van der Waals surface area contributed by atoms with Gasteiger partial charge in [-0.05, 0) is 69.6 Å². The zero-order chi connectivity index (χ0) is 29.7. The van der Waals surface area contributed by atoms with E-state index >= 15 is 0 Å². The molecule has 1 aliphatic rings. The van der Waals surface area contributed by atoms with E-state index < -0.39 is 36.0 Å². The highest BCUT2D eigenvalue weighted by Crippen LogP contribution is 2.20. The molecule has 40 heavy (non-hydrogen) atoms. The van der Waals surface area contributed by atoms with Crippen LogP contribution in [0, 0.1) is 11.8 Å². The normalized spacial score (nSPS) is 19.3. The fraction of sp³-hybridized carbons (Fsp3) is 0.600. The van der Waals surface area contributed by atoms with Crippen molar-refractivity contribution in [1.29, 1.82) is 0 Å². The van der Waals surface area contributed by atoms with Crippen molar-refractivity contribution in [3.8, 4) is 0 Å². The fourth-order valence-corrected chi connectivity index (χ4v) is 4.46. The number of ether oxygens (including phenoxy) is 2. The summed E-state index contributed by atoms with van der Waals surface area (Å²) in [7, 11) is 1.55. The topological polar surface area (TPSA) is 135 Å². The van der Waals surface area contributed by atoms with Crippen LogP contribution in [0.2, 0.25) is 0 Å². The second kappa shape index (κ2) is 16.9. The van der Waals surface area contributed by atoms with Crippen LogP contribution in [0.4, 0.5) is 0 Å². The molecule has 10 nitrogen and oxygen atoms in total. The third-order valence-electron chi connectivity index (χ3n) is 7.00. The first kappa shape index (κ1) is 33.1. The van der Waals surface area contributed by atoms with Crippen molar-refractivity contribution in [1.82, 2.24) is 21.5 Å². The van der Waals surface area contributed by atoms with Crippen molar-refractivity contribution >= 4 is 30.1 Å². The van der Waals surface area contributed by atoms with Crippen molar-refractivity contribution < 1.29 is 28.7 Å². The Kier molecular flexibility index (Phi) is 14.0. The summed E-state index contributed by atoms with van der Waals surface area (Å²) in [5, 5.41) is 5.62. The van der Waals surface area contributed by atoms with Crippen molar-refractivity contribution in [3.63, 3.8) is 0 Å². The Hall–Kier alpha value is -3.08. The van der Waals surface area contributed by atoms with Gasteiger partial charge in [-0.1, -0.05) is 44.2 Å². The van der Waals surface area contributed by atoms with Gasteiger partial charge in [0.1, 0.15) is 6.29 Å². The second-order valence-corrected chi connectivity index (χ2v) is 10.7. The summed E-state index contributed by atoms with van der Waals surface area (Å²) < 4.78 is 11.1.